The van der Waals surface area contributed by atoms with Gasteiger partial charge in [0.25, 0.3) is 0 Å². The van der Waals surface area contributed by atoms with Crippen LogP contribution >= 0.6 is 0 Å². The number of carbonyl (C=O) groups excluding carboxylic acids is 1. The molecule has 156 valence electrons. The summed E-state index contributed by atoms with van der Waals surface area (Å²) in [5, 5.41) is 9.47. The highest BCUT2D eigenvalue weighted by Crippen LogP contribution is 2.31. The largest absolute Gasteiger partial charge is 0.357 e. The Kier molecular flexibility index (Phi) is 7.46. The predicted molar refractivity (Wildman–Crippen MR) is 115 cm³/mol. The van der Waals surface area contributed by atoms with Crippen molar-refractivity contribution < 1.29 is 13.2 Å². The van der Waals surface area contributed by atoms with E-state index in [0.29, 0.717) is 31.9 Å². The molecule has 1 amide bonds. The lowest BCUT2D eigenvalue weighted by atomic mass is 9.90. The van der Waals surface area contributed by atoms with Gasteiger partial charge in [-0.3, -0.25) is 9.79 Å². The highest BCUT2D eigenvalue weighted by Gasteiger charge is 2.25. The summed E-state index contributed by atoms with van der Waals surface area (Å²) in [4.78, 5) is 16.6. The molecule has 1 unspecified atom stereocenters. The number of hydrogen-bond donors (Lipinski definition) is 3. The van der Waals surface area contributed by atoms with Crippen molar-refractivity contribution in [1.82, 2.24) is 10.6 Å². The minimum absolute atomic E-state index is 0.0225. The summed E-state index contributed by atoms with van der Waals surface area (Å²) >= 11 is 0. The molecule has 1 aliphatic rings. The van der Waals surface area contributed by atoms with E-state index in [0.717, 1.165) is 17.8 Å². The average molecular weight is 409 g/mol. The number of rotatable bonds is 8. The molecule has 0 bridgehead atoms. The maximum Gasteiger partial charge on any atom is 0.225 e. The fraction of sp³-hybridized carbons (Fsp3) is 0.600. The number of amides is 1. The Morgan fingerprint density at radius 3 is 2.68 bits per heavy atom. The van der Waals surface area contributed by atoms with Crippen LogP contribution < -0.4 is 16.0 Å². The molecule has 0 aliphatic carbocycles. The molecule has 8 heteroatoms. The molecule has 0 fully saturated rings. The first-order valence-electron chi connectivity index (χ1n) is 9.68. The van der Waals surface area contributed by atoms with E-state index in [1.165, 1.54) is 6.26 Å². The Bertz CT molecular complexity index is 818. The summed E-state index contributed by atoms with van der Waals surface area (Å²) in [6.45, 7) is 7.87. The third kappa shape index (κ3) is 7.14. The van der Waals surface area contributed by atoms with Crippen LogP contribution in [0.1, 0.15) is 45.1 Å². The Balaban J connectivity index is 2.01. The van der Waals surface area contributed by atoms with Crippen molar-refractivity contribution in [1.29, 1.82) is 0 Å². The Morgan fingerprint density at radius 2 is 2.00 bits per heavy atom. The molecule has 0 radical (unpaired) electrons. The lowest BCUT2D eigenvalue weighted by Gasteiger charge is -2.27. The average Bonchev–Trinajstić information content (AvgIpc) is 2.61. The van der Waals surface area contributed by atoms with Gasteiger partial charge in [-0.2, -0.15) is 0 Å². The first kappa shape index (κ1) is 22.2. The summed E-state index contributed by atoms with van der Waals surface area (Å²) < 4.78 is 22.9. The van der Waals surface area contributed by atoms with E-state index in [-0.39, 0.29) is 23.0 Å². The van der Waals surface area contributed by atoms with E-state index in [9.17, 15) is 13.2 Å². The first-order chi connectivity index (χ1) is 13.1. The number of fused-ring (bicyclic) bond motifs is 1. The lowest BCUT2D eigenvalue weighted by Crippen LogP contribution is -2.41. The number of carbonyl (C=O) groups is 1. The smallest absolute Gasteiger partial charge is 0.225 e. The van der Waals surface area contributed by atoms with Crippen LogP contribution in [0.2, 0.25) is 0 Å². The number of sulfone groups is 1. The van der Waals surface area contributed by atoms with E-state index in [1.54, 1.807) is 0 Å². The number of benzene rings is 1. The quantitative estimate of drug-likeness (QED) is 0.452. The van der Waals surface area contributed by atoms with Crippen molar-refractivity contribution in [3.05, 3.63) is 29.8 Å². The second-order valence-corrected chi connectivity index (χ2v) is 10.4. The number of nitrogens with zero attached hydrogens (tertiary/aromatic N) is 1. The minimum Gasteiger partial charge on any atom is -0.357 e. The summed E-state index contributed by atoms with van der Waals surface area (Å²) in [6.07, 6.45) is 2.25. The Labute approximate surface area is 168 Å². The minimum atomic E-state index is -2.98. The number of aliphatic imine (C=N–C) groups is 1. The Hall–Kier alpha value is -2.09. The van der Waals surface area contributed by atoms with Crippen molar-refractivity contribution in [2.75, 3.05) is 37.0 Å². The van der Waals surface area contributed by atoms with Gasteiger partial charge < -0.3 is 16.0 Å². The van der Waals surface area contributed by atoms with Crippen molar-refractivity contribution in [3.8, 4) is 0 Å². The zero-order valence-corrected chi connectivity index (χ0v) is 18.0. The molecular formula is C20H32N4O3S. The summed E-state index contributed by atoms with van der Waals surface area (Å²) in [7, 11) is -2.98. The van der Waals surface area contributed by atoms with Crippen molar-refractivity contribution in [2.24, 2.45) is 10.4 Å². The molecule has 0 saturated carbocycles. The van der Waals surface area contributed by atoms with E-state index in [1.807, 2.05) is 45.0 Å². The van der Waals surface area contributed by atoms with Crippen molar-refractivity contribution in [3.63, 3.8) is 0 Å². The first-order valence-corrected chi connectivity index (χ1v) is 11.7. The Morgan fingerprint density at radius 1 is 1.29 bits per heavy atom. The van der Waals surface area contributed by atoms with Crippen molar-refractivity contribution >= 4 is 27.4 Å². The molecule has 7 nitrogen and oxygen atoms in total. The highest BCUT2D eigenvalue weighted by molar-refractivity contribution is 7.90. The fourth-order valence-electron chi connectivity index (χ4n) is 3.08. The van der Waals surface area contributed by atoms with Gasteiger partial charge in [-0.25, -0.2) is 8.42 Å². The molecule has 28 heavy (non-hydrogen) atoms. The predicted octanol–water partition coefficient (Wildman–Crippen LogP) is 2.13. The zero-order chi connectivity index (χ0) is 20.8. The number of guanidine groups is 1. The lowest BCUT2D eigenvalue weighted by molar-refractivity contribution is -0.116. The number of para-hydroxylation sites is 1. The van der Waals surface area contributed by atoms with Gasteiger partial charge in [-0.05, 0) is 30.4 Å². The van der Waals surface area contributed by atoms with Crippen LogP contribution in [-0.2, 0) is 14.6 Å². The maximum atomic E-state index is 12.0. The standard InChI is InChI=1S/C20H32N4O3S/c1-5-21-19(23-14-20(2,3)10-11-28(4,26)27)22-13-15-12-18(25)24-17-9-7-6-8-16(15)17/h6-9,15H,5,10-14H2,1-4H3,(H,24,25)(H2,21,22,23). The van der Waals surface area contributed by atoms with Crippen LogP contribution in [0.25, 0.3) is 0 Å². The van der Waals surface area contributed by atoms with E-state index < -0.39 is 9.84 Å². The topological polar surface area (TPSA) is 99.7 Å². The van der Waals surface area contributed by atoms with Crippen LogP contribution in [0, 0.1) is 5.41 Å². The highest BCUT2D eigenvalue weighted by atomic mass is 32.2. The number of hydrogen-bond acceptors (Lipinski definition) is 4. The molecule has 0 saturated heterocycles. The van der Waals surface area contributed by atoms with Gasteiger partial charge in [0.1, 0.15) is 9.84 Å². The molecule has 1 aromatic carbocycles. The third-order valence-electron chi connectivity index (χ3n) is 4.78. The van der Waals surface area contributed by atoms with E-state index in [2.05, 4.69) is 20.9 Å². The molecule has 1 heterocycles. The van der Waals surface area contributed by atoms with Crippen LogP contribution in [0.4, 0.5) is 5.69 Å². The second kappa shape index (κ2) is 9.41. The van der Waals surface area contributed by atoms with Crippen LogP contribution in [0.3, 0.4) is 0 Å². The molecule has 0 aromatic heterocycles. The van der Waals surface area contributed by atoms with Crippen LogP contribution in [-0.4, -0.2) is 51.9 Å². The maximum absolute atomic E-state index is 12.0. The number of anilines is 1. The van der Waals surface area contributed by atoms with Crippen LogP contribution in [0.5, 0.6) is 0 Å². The van der Waals surface area contributed by atoms with Gasteiger partial charge in [0.15, 0.2) is 5.96 Å². The van der Waals surface area contributed by atoms with Crippen LogP contribution in [0.15, 0.2) is 29.3 Å². The second-order valence-electron chi connectivity index (χ2n) is 8.16. The zero-order valence-electron chi connectivity index (χ0n) is 17.2. The normalized spacial score (nSPS) is 17.6. The van der Waals surface area contributed by atoms with Gasteiger partial charge in [-0.15, -0.1) is 0 Å². The van der Waals surface area contributed by atoms with Crippen molar-refractivity contribution in [2.45, 2.75) is 39.5 Å². The molecule has 1 atom stereocenters. The van der Waals surface area contributed by atoms with E-state index >= 15 is 0 Å². The van der Waals surface area contributed by atoms with Gasteiger partial charge in [-0.1, -0.05) is 32.0 Å². The molecule has 3 N–H and O–H groups in total. The van der Waals surface area contributed by atoms with Gasteiger partial charge in [0.2, 0.25) is 5.91 Å². The van der Waals surface area contributed by atoms with Gasteiger partial charge in [0.05, 0.1) is 5.75 Å². The summed E-state index contributed by atoms with van der Waals surface area (Å²) in [5.41, 5.74) is 1.77. The SMILES string of the molecule is CCNC(=NCC(C)(C)CCS(C)(=O)=O)NCC1CC(=O)Nc2ccccc21. The molecular weight excluding hydrogens is 376 g/mol. The molecule has 1 aromatic rings. The number of nitrogens with one attached hydrogen (secondary N) is 3. The third-order valence-corrected chi connectivity index (χ3v) is 5.73. The van der Waals surface area contributed by atoms with Gasteiger partial charge in [0, 0.05) is 43.9 Å². The molecule has 0 spiro atoms. The fourth-order valence-corrected chi connectivity index (χ4v) is 4.00. The monoisotopic (exact) mass is 408 g/mol. The summed E-state index contributed by atoms with van der Waals surface area (Å²) in [5.74, 6) is 0.938. The van der Waals surface area contributed by atoms with E-state index in [4.69, 9.17) is 0 Å². The van der Waals surface area contributed by atoms with Gasteiger partial charge >= 0.3 is 0 Å². The summed E-state index contributed by atoms with van der Waals surface area (Å²) in [6, 6.07) is 7.86. The molecule has 1 aliphatic heterocycles. The molecule has 2 rings (SSSR count).